The van der Waals surface area contributed by atoms with Crippen LogP contribution in [0.25, 0.3) is 10.9 Å². The third-order valence-electron chi connectivity index (χ3n) is 4.18. The second kappa shape index (κ2) is 7.03. The van der Waals surface area contributed by atoms with E-state index < -0.39 is 23.3 Å². The molecule has 3 aromatic rings. The highest BCUT2D eigenvalue weighted by molar-refractivity contribution is 5.94. The number of H-pyrrole nitrogens is 1. The largest absolute Gasteiger partial charge is 0.478 e. The minimum Gasteiger partial charge on any atom is -0.478 e. The number of aromatic carboxylic acids is 1. The van der Waals surface area contributed by atoms with Gasteiger partial charge in [-0.1, -0.05) is 6.07 Å². The van der Waals surface area contributed by atoms with E-state index in [-0.39, 0.29) is 5.69 Å². The first-order valence-corrected chi connectivity index (χ1v) is 7.98. The monoisotopic (exact) mass is 373 g/mol. The fourth-order valence-corrected chi connectivity index (χ4v) is 2.85. The second-order valence-corrected chi connectivity index (χ2v) is 5.93. The molecule has 1 aromatic heterocycles. The number of nitrogens with one attached hydrogen (secondary N) is 2. The fraction of sp³-hybridized carbons (Fsp3) is 0.158. The van der Waals surface area contributed by atoms with Gasteiger partial charge in [-0.15, -0.1) is 0 Å². The van der Waals surface area contributed by atoms with Crippen molar-refractivity contribution in [2.75, 3.05) is 11.9 Å². The summed E-state index contributed by atoms with van der Waals surface area (Å²) in [6.07, 6.45) is -2.29. The van der Waals surface area contributed by atoms with Gasteiger partial charge in [0, 0.05) is 29.3 Å². The highest BCUT2D eigenvalue weighted by atomic mass is 19.4. The van der Waals surface area contributed by atoms with E-state index >= 15 is 0 Å². The van der Waals surface area contributed by atoms with Gasteiger partial charge in [0.1, 0.15) is 0 Å². The molecule has 5 nitrogen and oxygen atoms in total. The van der Waals surface area contributed by atoms with Crippen LogP contribution in [0.4, 0.5) is 18.9 Å². The van der Waals surface area contributed by atoms with Gasteiger partial charge in [-0.3, -0.25) is 0 Å². The molecule has 27 heavy (non-hydrogen) atoms. The Balaban J connectivity index is 1.76. The molecule has 0 spiro atoms. The van der Waals surface area contributed by atoms with E-state index in [1.54, 1.807) is 18.3 Å². The normalized spacial score (nSPS) is 11.3. The standard InChI is InChI=1S/C19H14F3N3O2/c20-19(21,22)13-2-4-16(15(8-13)18(26)27)24-6-5-12-10-25-17-7-11(9-23)1-3-14(12)17/h1-4,7-8,10,24-25H,5-6H2,(H,26,27). The van der Waals surface area contributed by atoms with Crippen molar-refractivity contribution in [3.8, 4) is 6.07 Å². The van der Waals surface area contributed by atoms with Crippen molar-refractivity contribution < 1.29 is 23.1 Å². The molecule has 0 aliphatic carbocycles. The lowest BCUT2D eigenvalue weighted by Gasteiger charge is -2.13. The van der Waals surface area contributed by atoms with Crippen molar-refractivity contribution in [1.29, 1.82) is 5.26 Å². The van der Waals surface area contributed by atoms with E-state index in [0.717, 1.165) is 28.6 Å². The van der Waals surface area contributed by atoms with Crippen molar-refractivity contribution in [3.05, 3.63) is 64.8 Å². The van der Waals surface area contributed by atoms with Crippen LogP contribution in [0.1, 0.15) is 27.0 Å². The van der Waals surface area contributed by atoms with E-state index in [9.17, 15) is 23.1 Å². The van der Waals surface area contributed by atoms with Gasteiger partial charge in [-0.25, -0.2) is 4.79 Å². The molecule has 3 rings (SSSR count). The number of alkyl halides is 3. The Hall–Kier alpha value is -3.47. The van der Waals surface area contributed by atoms with Crippen LogP contribution in [0.15, 0.2) is 42.6 Å². The molecular weight excluding hydrogens is 359 g/mol. The summed E-state index contributed by atoms with van der Waals surface area (Å²) in [5.41, 5.74) is 0.986. The van der Waals surface area contributed by atoms with Gasteiger partial charge in [0.05, 0.1) is 22.8 Å². The molecule has 0 amide bonds. The number of carboxylic acids is 1. The molecule has 0 saturated heterocycles. The molecule has 3 N–H and O–H groups in total. The Labute approximate surface area is 152 Å². The Morgan fingerprint density at radius 2 is 2.00 bits per heavy atom. The lowest BCUT2D eigenvalue weighted by Crippen LogP contribution is -2.12. The van der Waals surface area contributed by atoms with E-state index in [1.807, 2.05) is 6.07 Å². The summed E-state index contributed by atoms with van der Waals surface area (Å²) in [5.74, 6) is -1.43. The third-order valence-corrected chi connectivity index (χ3v) is 4.18. The smallest absolute Gasteiger partial charge is 0.416 e. The van der Waals surface area contributed by atoms with Crippen LogP contribution in [0.5, 0.6) is 0 Å². The van der Waals surface area contributed by atoms with Crippen LogP contribution in [-0.2, 0) is 12.6 Å². The molecule has 0 aliphatic rings. The minimum atomic E-state index is -4.60. The van der Waals surface area contributed by atoms with Crippen LogP contribution < -0.4 is 5.32 Å². The molecule has 0 fully saturated rings. The van der Waals surface area contributed by atoms with Gasteiger partial charge in [-0.05, 0) is 42.3 Å². The maximum atomic E-state index is 12.8. The molecule has 0 atom stereocenters. The zero-order chi connectivity index (χ0) is 19.6. The first kappa shape index (κ1) is 18.3. The average Bonchev–Trinajstić information content (AvgIpc) is 3.03. The molecular formula is C19H14F3N3O2. The number of anilines is 1. The van der Waals surface area contributed by atoms with Crippen LogP contribution >= 0.6 is 0 Å². The number of aromatic nitrogens is 1. The Morgan fingerprint density at radius 1 is 1.22 bits per heavy atom. The Kier molecular flexibility index (Phi) is 4.77. The number of hydrogen-bond acceptors (Lipinski definition) is 3. The number of nitriles is 1. The van der Waals surface area contributed by atoms with Crippen LogP contribution in [-0.4, -0.2) is 22.6 Å². The van der Waals surface area contributed by atoms with Gasteiger partial charge in [0.15, 0.2) is 0 Å². The Bertz CT molecular complexity index is 1050. The molecule has 8 heteroatoms. The van der Waals surface area contributed by atoms with E-state index in [4.69, 9.17) is 5.26 Å². The number of nitrogens with zero attached hydrogens (tertiary/aromatic N) is 1. The first-order chi connectivity index (χ1) is 12.8. The average molecular weight is 373 g/mol. The maximum Gasteiger partial charge on any atom is 0.416 e. The molecule has 0 unspecified atom stereocenters. The van der Waals surface area contributed by atoms with Crippen molar-refractivity contribution in [3.63, 3.8) is 0 Å². The first-order valence-electron chi connectivity index (χ1n) is 7.98. The molecule has 138 valence electrons. The summed E-state index contributed by atoms with van der Waals surface area (Å²) in [6.45, 7) is 0.332. The van der Waals surface area contributed by atoms with Crippen molar-refractivity contribution in [2.24, 2.45) is 0 Å². The van der Waals surface area contributed by atoms with Crippen LogP contribution in [0.3, 0.4) is 0 Å². The quantitative estimate of drug-likeness (QED) is 0.618. The maximum absolute atomic E-state index is 12.8. The van der Waals surface area contributed by atoms with Crippen LogP contribution in [0, 0.1) is 11.3 Å². The number of carboxylic acid groups (broad SMARTS) is 1. The summed E-state index contributed by atoms with van der Waals surface area (Å²) < 4.78 is 38.3. The van der Waals surface area contributed by atoms with Crippen molar-refractivity contribution >= 4 is 22.6 Å². The SMILES string of the molecule is N#Cc1ccc2c(CCNc3ccc(C(F)(F)F)cc3C(=O)O)c[nH]c2c1. The number of aromatic amines is 1. The highest BCUT2D eigenvalue weighted by Crippen LogP contribution is 2.32. The lowest BCUT2D eigenvalue weighted by atomic mass is 10.1. The topological polar surface area (TPSA) is 88.9 Å². The molecule has 2 aromatic carbocycles. The number of halogens is 3. The summed E-state index contributed by atoms with van der Waals surface area (Å²) >= 11 is 0. The van der Waals surface area contributed by atoms with E-state index in [0.29, 0.717) is 24.6 Å². The number of fused-ring (bicyclic) bond motifs is 1. The summed E-state index contributed by atoms with van der Waals surface area (Å²) in [4.78, 5) is 14.4. The van der Waals surface area contributed by atoms with Gasteiger partial charge in [0.25, 0.3) is 0 Å². The van der Waals surface area contributed by atoms with Crippen molar-refractivity contribution in [2.45, 2.75) is 12.6 Å². The summed E-state index contributed by atoms with van der Waals surface area (Å²) in [7, 11) is 0. The number of carbonyl (C=O) groups is 1. The second-order valence-electron chi connectivity index (χ2n) is 5.93. The Morgan fingerprint density at radius 3 is 2.67 bits per heavy atom. The molecule has 0 saturated carbocycles. The number of benzene rings is 2. The predicted octanol–water partition coefficient (Wildman–Crippen LogP) is 4.41. The zero-order valence-corrected chi connectivity index (χ0v) is 13.9. The van der Waals surface area contributed by atoms with E-state index in [1.165, 1.54) is 0 Å². The predicted molar refractivity (Wildman–Crippen MR) is 93.6 cm³/mol. The molecule has 0 radical (unpaired) electrons. The van der Waals surface area contributed by atoms with Gasteiger partial charge >= 0.3 is 12.1 Å². The highest BCUT2D eigenvalue weighted by Gasteiger charge is 2.31. The third kappa shape index (κ3) is 3.87. The molecule has 0 bridgehead atoms. The van der Waals surface area contributed by atoms with Gasteiger partial charge in [0.2, 0.25) is 0 Å². The van der Waals surface area contributed by atoms with Gasteiger partial charge < -0.3 is 15.4 Å². The zero-order valence-electron chi connectivity index (χ0n) is 13.9. The summed E-state index contributed by atoms with van der Waals surface area (Å²) in [5, 5.41) is 21.9. The molecule has 1 heterocycles. The van der Waals surface area contributed by atoms with Gasteiger partial charge in [-0.2, -0.15) is 18.4 Å². The fourth-order valence-electron chi connectivity index (χ4n) is 2.85. The number of rotatable bonds is 5. The number of hydrogen-bond donors (Lipinski definition) is 3. The van der Waals surface area contributed by atoms with Crippen molar-refractivity contribution in [1.82, 2.24) is 4.98 Å². The summed E-state index contributed by atoms with van der Waals surface area (Å²) in [6, 6.07) is 9.91. The van der Waals surface area contributed by atoms with E-state index in [2.05, 4.69) is 16.4 Å². The molecule has 0 aliphatic heterocycles. The van der Waals surface area contributed by atoms with Crippen LogP contribution in [0.2, 0.25) is 0 Å². The minimum absolute atomic E-state index is 0.127. The lowest BCUT2D eigenvalue weighted by molar-refractivity contribution is -0.137.